The highest BCUT2D eigenvalue weighted by atomic mass is 16.6. The molecule has 0 spiro atoms. The van der Waals surface area contributed by atoms with Gasteiger partial charge in [-0.25, -0.2) is 0 Å². The number of esters is 1. The lowest BCUT2D eigenvalue weighted by atomic mass is 10.2. The van der Waals surface area contributed by atoms with Crippen LogP contribution in [0.25, 0.3) is 0 Å². The molecule has 0 aliphatic heterocycles. The van der Waals surface area contributed by atoms with Crippen molar-refractivity contribution >= 4 is 5.97 Å². The number of unbranched alkanes of at least 4 members (excludes halogenated alkanes) is 1. The van der Waals surface area contributed by atoms with Crippen LogP contribution in [0.3, 0.4) is 0 Å². The topological polar surface area (TPSA) is 61.5 Å². The Bertz CT molecular complexity index is 105. The molecule has 0 aliphatic rings. The monoisotopic (exact) mass is 175 g/mol. The Labute approximate surface area is 73.0 Å². The first kappa shape index (κ1) is 11.4. The fourth-order valence-electron chi connectivity index (χ4n) is 0.725. The van der Waals surface area contributed by atoms with Crippen LogP contribution in [0.2, 0.25) is 0 Å². The van der Waals surface area contributed by atoms with Gasteiger partial charge < -0.3 is 15.2 Å². The molecule has 0 radical (unpaired) electrons. The molecule has 0 aromatic carbocycles. The largest absolute Gasteiger partial charge is 0.463 e. The number of rotatable bonds is 7. The van der Waals surface area contributed by atoms with Gasteiger partial charge in [-0.3, -0.25) is 4.79 Å². The molecule has 0 atom stereocenters. The minimum Gasteiger partial charge on any atom is -0.463 e. The van der Waals surface area contributed by atoms with Crippen molar-refractivity contribution in [1.82, 2.24) is 0 Å². The van der Waals surface area contributed by atoms with Gasteiger partial charge in [0.2, 0.25) is 0 Å². The predicted octanol–water partition coefficient (Wildman–Crippen LogP) is 0.305. The van der Waals surface area contributed by atoms with E-state index in [2.05, 4.69) is 0 Å². The molecule has 0 bridgehead atoms. The number of carbonyl (C=O) groups is 1. The lowest BCUT2D eigenvalue weighted by Crippen LogP contribution is -2.10. The van der Waals surface area contributed by atoms with Crippen LogP contribution in [0.5, 0.6) is 0 Å². The quantitative estimate of drug-likeness (QED) is 0.446. The number of nitrogens with two attached hydrogens (primary N) is 1. The van der Waals surface area contributed by atoms with E-state index >= 15 is 0 Å². The minimum atomic E-state index is -0.166. The van der Waals surface area contributed by atoms with Gasteiger partial charge in [0.1, 0.15) is 6.61 Å². The first-order valence-electron chi connectivity index (χ1n) is 4.16. The first-order valence-corrected chi connectivity index (χ1v) is 4.16. The summed E-state index contributed by atoms with van der Waals surface area (Å²) in [5.74, 6) is -0.166. The molecule has 0 rings (SSSR count). The summed E-state index contributed by atoms with van der Waals surface area (Å²) in [5, 5.41) is 0. The zero-order valence-corrected chi connectivity index (χ0v) is 7.54. The molecule has 0 unspecified atom stereocenters. The molecule has 0 heterocycles. The van der Waals surface area contributed by atoms with E-state index in [1.165, 1.54) is 0 Å². The van der Waals surface area contributed by atoms with Gasteiger partial charge in [0.25, 0.3) is 0 Å². The molecular formula is C8H17NO3. The second kappa shape index (κ2) is 8.49. The number of hydrogen-bond acceptors (Lipinski definition) is 4. The summed E-state index contributed by atoms with van der Waals surface area (Å²) in [7, 11) is 1.57. The van der Waals surface area contributed by atoms with Gasteiger partial charge >= 0.3 is 5.97 Å². The molecule has 0 saturated carbocycles. The van der Waals surface area contributed by atoms with E-state index in [9.17, 15) is 4.79 Å². The molecule has 12 heavy (non-hydrogen) atoms. The molecule has 72 valence electrons. The zero-order valence-electron chi connectivity index (χ0n) is 7.54. The molecule has 4 nitrogen and oxygen atoms in total. The summed E-state index contributed by atoms with van der Waals surface area (Å²) >= 11 is 0. The molecule has 4 heteroatoms. The zero-order chi connectivity index (χ0) is 9.23. The maximum atomic E-state index is 10.9. The maximum absolute atomic E-state index is 10.9. The maximum Gasteiger partial charge on any atom is 0.305 e. The molecule has 0 fully saturated rings. The van der Waals surface area contributed by atoms with Gasteiger partial charge in [0.05, 0.1) is 6.61 Å². The highest BCUT2D eigenvalue weighted by Crippen LogP contribution is 1.95. The molecule has 0 aromatic rings. The third-order valence-electron chi connectivity index (χ3n) is 1.39. The smallest absolute Gasteiger partial charge is 0.305 e. The Kier molecular flexibility index (Phi) is 8.05. The Morgan fingerprint density at radius 2 is 2.08 bits per heavy atom. The standard InChI is InChI=1S/C8H17NO3/c1-11-6-7-12-8(10)4-2-3-5-9/h2-7,9H2,1H3. The van der Waals surface area contributed by atoms with Crippen molar-refractivity contribution in [2.24, 2.45) is 5.73 Å². The Hall–Kier alpha value is -0.610. The van der Waals surface area contributed by atoms with E-state index in [4.69, 9.17) is 15.2 Å². The van der Waals surface area contributed by atoms with E-state index < -0.39 is 0 Å². The van der Waals surface area contributed by atoms with Crippen LogP contribution in [0.1, 0.15) is 19.3 Å². The van der Waals surface area contributed by atoms with Crippen molar-refractivity contribution in [1.29, 1.82) is 0 Å². The van der Waals surface area contributed by atoms with Crippen molar-refractivity contribution < 1.29 is 14.3 Å². The average Bonchev–Trinajstić information content (AvgIpc) is 2.06. The van der Waals surface area contributed by atoms with Crippen LogP contribution in [0, 0.1) is 0 Å². The van der Waals surface area contributed by atoms with Crippen LogP contribution in [0.15, 0.2) is 0 Å². The van der Waals surface area contributed by atoms with Crippen molar-refractivity contribution in [3.63, 3.8) is 0 Å². The molecule has 0 aromatic heterocycles. The van der Waals surface area contributed by atoms with E-state index in [1.807, 2.05) is 0 Å². The predicted molar refractivity (Wildman–Crippen MR) is 45.7 cm³/mol. The SMILES string of the molecule is COCCOC(=O)CCCCN. The molecular weight excluding hydrogens is 158 g/mol. The van der Waals surface area contributed by atoms with Crippen molar-refractivity contribution in [2.75, 3.05) is 26.9 Å². The third-order valence-corrected chi connectivity index (χ3v) is 1.39. The van der Waals surface area contributed by atoms with Crippen LogP contribution in [0.4, 0.5) is 0 Å². The van der Waals surface area contributed by atoms with E-state index in [1.54, 1.807) is 7.11 Å². The van der Waals surface area contributed by atoms with Gasteiger partial charge in [-0.05, 0) is 19.4 Å². The Morgan fingerprint density at radius 1 is 1.33 bits per heavy atom. The average molecular weight is 175 g/mol. The van der Waals surface area contributed by atoms with Crippen LogP contribution in [-0.4, -0.2) is 32.8 Å². The van der Waals surface area contributed by atoms with Crippen LogP contribution in [-0.2, 0) is 14.3 Å². The fraction of sp³-hybridized carbons (Fsp3) is 0.875. The van der Waals surface area contributed by atoms with Gasteiger partial charge in [0.15, 0.2) is 0 Å². The lowest BCUT2D eigenvalue weighted by molar-refractivity contribution is -0.145. The Morgan fingerprint density at radius 3 is 2.67 bits per heavy atom. The lowest BCUT2D eigenvalue weighted by Gasteiger charge is -2.02. The van der Waals surface area contributed by atoms with Crippen LogP contribution >= 0.6 is 0 Å². The van der Waals surface area contributed by atoms with Gasteiger partial charge in [-0.2, -0.15) is 0 Å². The number of hydrogen-bond donors (Lipinski definition) is 1. The third kappa shape index (κ3) is 7.50. The summed E-state index contributed by atoms with van der Waals surface area (Å²) in [6.45, 7) is 1.44. The fourth-order valence-corrected chi connectivity index (χ4v) is 0.725. The Balaban J connectivity index is 3.10. The number of ether oxygens (including phenoxy) is 2. The first-order chi connectivity index (χ1) is 5.81. The van der Waals surface area contributed by atoms with Gasteiger partial charge in [0, 0.05) is 13.5 Å². The van der Waals surface area contributed by atoms with Crippen molar-refractivity contribution in [3.8, 4) is 0 Å². The second-order valence-corrected chi connectivity index (χ2v) is 2.46. The number of carbonyl (C=O) groups excluding carboxylic acids is 1. The summed E-state index contributed by atoms with van der Waals surface area (Å²) in [4.78, 5) is 10.9. The highest BCUT2D eigenvalue weighted by molar-refractivity contribution is 5.69. The van der Waals surface area contributed by atoms with E-state index in [0.29, 0.717) is 26.2 Å². The summed E-state index contributed by atoms with van der Waals surface area (Å²) in [6.07, 6.45) is 2.14. The number of methoxy groups -OCH3 is 1. The highest BCUT2D eigenvalue weighted by Gasteiger charge is 2.00. The summed E-state index contributed by atoms with van der Waals surface area (Å²) in [5.41, 5.74) is 5.26. The normalized spacial score (nSPS) is 9.83. The van der Waals surface area contributed by atoms with Crippen molar-refractivity contribution in [3.05, 3.63) is 0 Å². The summed E-state index contributed by atoms with van der Waals surface area (Å²) in [6, 6.07) is 0. The summed E-state index contributed by atoms with van der Waals surface area (Å²) < 4.78 is 9.54. The molecule has 0 aliphatic carbocycles. The van der Waals surface area contributed by atoms with Gasteiger partial charge in [-0.15, -0.1) is 0 Å². The molecule has 0 saturated heterocycles. The van der Waals surface area contributed by atoms with E-state index in [-0.39, 0.29) is 5.97 Å². The van der Waals surface area contributed by atoms with Gasteiger partial charge in [-0.1, -0.05) is 0 Å². The van der Waals surface area contributed by atoms with E-state index in [0.717, 1.165) is 12.8 Å². The molecule has 0 amide bonds. The van der Waals surface area contributed by atoms with Crippen molar-refractivity contribution in [2.45, 2.75) is 19.3 Å². The van der Waals surface area contributed by atoms with Crippen LogP contribution < -0.4 is 5.73 Å². The second-order valence-electron chi connectivity index (χ2n) is 2.46. The minimum absolute atomic E-state index is 0.166. The molecule has 2 N–H and O–H groups in total.